The van der Waals surface area contributed by atoms with E-state index in [1.54, 1.807) is 0 Å². The maximum atomic E-state index is 12.1. The summed E-state index contributed by atoms with van der Waals surface area (Å²) in [6.45, 7) is 4.44. The molecule has 1 aromatic carbocycles. The number of hydrogen-bond donors (Lipinski definition) is 2. The van der Waals surface area contributed by atoms with Gasteiger partial charge in [0.2, 0.25) is 0 Å². The first-order valence-corrected chi connectivity index (χ1v) is 7.15. The van der Waals surface area contributed by atoms with E-state index in [4.69, 9.17) is 4.74 Å². The van der Waals surface area contributed by atoms with Crippen molar-refractivity contribution in [3.05, 3.63) is 39.9 Å². The number of nitro groups is 1. The lowest BCUT2D eigenvalue weighted by molar-refractivity contribution is -0.385. The van der Waals surface area contributed by atoms with Gasteiger partial charge in [-0.25, -0.2) is 0 Å². The van der Waals surface area contributed by atoms with Crippen LogP contribution in [0.2, 0.25) is 0 Å². The van der Waals surface area contributed by atoms with Crippen LogP contribution in [0.3, 0.4) is 0 Å². The van der Waals surface area contributed by atoms with Crippen LogP contribution in [-0.4, -0.2) is 34.2 Å². The highest BCUT2D eigenvalue weighted by Gasteiger charge is 2.31. The van der Waals surface area contributed by atoms with Gasteiger partial charge >= 0.3 is 0 Å². The molecule has 0 spiro atoms. The third-order valence-electron chi connectivity index (χ3n) is 3.69. The van der Waals surface area contributed by atoms with Gasteiger partial charge in [-0.3, -0.25) is 14.9 Å². The second-order valence-corrected chi connectivity index (χ2v) is 6.06. The Labute approximate surface area is 128 Å². The topological polar surface area (TPSA) is 102 Å². The highest BCUT2D eigenvalue weighted by Crippen LogP contribution is 2.25. The number of carbonyl (C=O) groups excluding carboxylic acids is 1. The summed E-state index contributed by atoms with van der Waals surface area (Å²) in [6, 6.07) is 5.38. The van der Waals surface area contributed by atoms with Gasteiger partial charge in [0.25, 0.3) is 11.6 Å². The fourth-order valence-corrected chi connectivity index (χ4v) is 2.59. The predicted octanol–water partition coefficient (Wildman–Crippen LogP) is 1.70. The molecule has 2 atom stereocenters. The molecule has 0 aliphatic carbocycles. The Hall–Kier alpha value is -1.99. The summed E-state index contributed by atoms with van der Waals surface area (Å²) in [4.78, 5) is 22.3. The number of aliphatic hydroxyl groups excluding tert-OH is 1. The molecule has 7 nitrogen and oxygen atoms in total. The van der Waals surface area contributed by atoms with E-state index < -0.39 is 16.9 Å². The van der Waals surface area contributed by atoms with Gasteiger partial charge in [-0.05, 0) is 32.3 Å². The van der Waals surface area contributed by atoms with Crippen molar-refractivity contribution in [2.75, 3.05) is 6.61 Å². The third-order valence-corrected chi connectivity index (χ3v) is 3.69. The van der Waals surface area contributed by atoms with Crippen molar-refractivity contribution < 1.29 is 19.6 Å². The molecule has 1 aliphatic rings. The zero-order chi connectivity index (χ0) is 16.3. The summed E-state index contributed by atoms with van der Waals surface area (Å²) in [5.41, 5.74) is -0.262. The first kappa shape index (κ1) is 16.4. The molecule has 2 N–H and O–H groups in total. The maximum absolute atomic E-state index is 12.1. The Morgan fingerprint density at radius 1 is 1.55 bits per heavy atom. The Balaban J connectivity index is 2.03. The Bertz CT molecular complexity index is 573. The molecule has 120 valence electrons. The molecule has 0 aromatic heterocycles. The van der Waals surface area contributed by atoms with Crippen LogP contribution in [0, 0.1) is 10.1 Å². The number of ether oxygens (including phenoxy) is 1. The van der Waals surface area contributed by atoms with Crippen molar-refractivity contribution in [2.24, 2.45) is 0 Å². The second-order valence-electron chi connectivity index (χ2n) is 6.06. The zero-order valence-corrected chi connectivity index (χ0v) is 12.6. The number of rotatable bonds is 4. The van der Waals surface area contributed by atoms with Gasteiger partial charge in [-0.1, -0.05) is 12.1 Å². The molecule has 2 rings (SSSR count). The summed E-state index contributed by atoms with van der Waals surface area (Å²) in [7, 11) is 0. The highest BCUT2D eigenvalue weighted by atomic mass is 16.6. The molecule has 1 amide bonds. The summed E-state index contributed by atoms with van der Waals surface area (Å²) in [6.07, 6.45) is -0.0946. The molecule has 1 saturated heterocycles. The lowest BCUT2D eigenvalue weighted by atomic mass is 9.93. The highest BCUT2D eigenvalue weighted by molar-refractivity contribution is 5.82. The van der Waals surface area contributed by atoms with Crippen LogP contribution in [0.1, 0.15) is 38.4 Å². The van der Waals surface area contributed by atoms with E-state index in [0.29, 0.717) is 19.4 Å². The molecule has 1 heterocycles. The van der Waals surface area contributed by atoms with Gasteiger partial charge in [-0.15, -0.1) is 0 Å². The predicted molar refractivity (Wildman–Crippen MR) is 79.3 cm³/mol. The molecule has 1 aromatic rings. The van der Waals surface area contributed by atoms with Gasteiger partial charge in [-0.2, -0.15) is 0 Å². The van der Waals surface area contributed by atoms with E-state index in [9.17, 15) is 20.0 Å². The molecule has 1 fully saturated rings. The van der Waals surface area contributed by atoms with Gasteiger partial charge in [0, 0.05) is 24.8 Å². The van der Waals surface area contributed by atoms with E-state index in [2.05, 4.69) is 5.32 Å². The zero-order valence-electron chi connectivity index (χ0n) is 12.6. The van der Waals surface area contributed by atoms with E-state index in [0.717, 1.165) is 0 Å². The number of nitro benzene ring substituents is 1. The van der Waals surface area contributed by atoms with Crippen LogP contribution in [0.25, 0.3) is 0 Å². The summed E-state index contributed by atoms with van der Waals surface area (Å²) in [5, 5.41) is 23.6. The first-order chi connectivity index (χ1) is 10.3. The van der Waals surface area contributed by atoms with Gasteiger partial charge in [0.15, 0.2) is 6.10 Å². The third kappa shape index (κ3) is 4.02. The van der Waals surface area contributed by atoms with Gasteiger partial charge < -0.3 is 15.2 Å². The standard InChI is InChI=1S/C15H20N2O5/c1-15(2)9-11(6-7-22-15)16-14(19)13(18)10-4-3-5-12(8-10)17(20)21/h3-5,8,11,13,18H,6-7,9H2,1-2H3,(H,16,19). The average molecular weight is 308 g/mol. The number of amides is 1. The lowest BCUT2D eigenvalue weighted by Crippen LogP contribution is -2.47. The molecule has 1 aliphatic heterocycles. The SMILES string of the molecule is CC1(C)CC(NC(=O)C(O)c2cccc([N+](=O)[O-])c2)CCO1. The first-order valence-electron chi connectivity index (χ1n) is 7.15. The fourth-order valence-electron chi connectivity index (χ4n) is 2.59. The van der Waals surface area contributed by atoms with Crippen molar-refractivity contribution in [2.45, 2.75) is 44.4 Å². The monoisotopic (exact) mass is 308 g/mol. The number of hydrogen-bond acceptors (Lipinski definition) is 5. The number of nitrogens with one attached hydrogen (secondary N) is 1. The van der Waals surface area contributed by atoms with E-state index in [1.807, 2.05) is 13.8 Å². The van der Waals surface area contributed by atoms with Crippen LogP contribution < -0.4 is 5.32 Å². The van der Waals surface area contributed by atoms with E-state index in [-0.39, 0.29) is 22.9 Å². The van der Waals surface area contributed by atoms with Gasteiger partial charge in [0.1, 0.15) is 0 Å². The van der Waals surface area contributed by atoms with E-state index in [1.165, 1.54) is 24.3 Å². The second kappa shape index (κ2) is 6.41. The number of benzene rings is 1. The van der Waals surface area contributed by atoms with Crippen molar-refractivity contribution in [1.29, 1.82) is 0 Å². The van der Waals surface area contributed by atoms with Crippen LogP contribution in [0.5, 0.6) is 0 Å². The summed E-state index contributed by atoms with van der Waals surface area (Å²) >= 11 is 0. The number of carbonyl (C=O) groups is 1. The van der Waals surface area contributed by atoms with E-state index >= 15 is 0 Å². The van der Waals surface area contributed by atoms with Crippen LogP contribution in [-0.2, 0) is 9.53 Å². The molecule has 22 heavy (non-hydrogen) atoms. The number of non-ortho nitro benzene ring substituents is 1. The number of aliphatic hydroxyl groups is 1. The van der Waals surface area contributed by atoms with Crippen LogP contribution in [0.15, 0.2) is 24.3 Å². The molecular weight excluding hydrogens is 288 g/mol. The Morgan fingerprint density at radius 2 is 2.27 bits per heavy atom. The minimum absolute atomic E-state index is 0.0791. The van der Waals surface area contributed by atoms with Crippen LogP contribution >= 0.6 is 0 Å². The minimum Gasteiger partial charge on any atom is -0.378 e. The molecular formula is C15H20N2O5. The van der Waals surface area contributed by atoms with Crippen molar-refractivity contribution in [3.8, 4) is 0 Å². The van der Waals surface area contributed by atoms with Crippen molar-refractivity contribution in [1.82, 2.24) is 5.32 Å². The lowest BCUT2D eigenvalue weighted by Gasteiger charge is -2.36. The Morgan fingerprint density at radius 3 is 2.91 bits per heavy atom. The normalized spacial score (nSPS) is 21.9. The quantitative estimate of drug-likeness (QED) is 0.651. The summed E-state index contributed by atoms with van der Waals surface area (Å²) < 4.78 is 5.58. The largest absolute Gasteiger partial charge is 0.378 e. The van der Waals surface area contributed by atoms with Crippen LogP contribution in [0.4, 0.5) is 5.69 Å². The smallest absolute Gasteiger partial charge is 0.269 e. The summed E-state index contributed by atoms with van der Waals surface area (Å²) in [5.74, 6) is -0.553. The fraction of sp³-hybridized carbons (Fsp3) is 0.533. The molecule has 0 bridgehead atoms. The molecule has 0 radical (unpaired) electrons. The van der Waals surface area contributed by atoms with Crippen molar-refractivity contribution >= 4 is 11.6 Å². The molecule has 7 heteroatoms. The molecule has 0 saturated carbocycles. The van der Waals surface area contributed by atoms with Gasteiger partial charge in [0.05, 0.1) is 10.5 Å². The average Bonchev–Trinajstić information content (AvgIpc) is 2.45. The number of nitrogens with zero attached hydrogens (tertiary/aromatic N) is 1. The molecule has 2 unspecified atom stereocenters. The van der Waals surface area contributed by atoms with Crippen molar-refractivity contribution in [3.63, 3.8) is 0 Å². The Kier molecular flexibility index (Phi) is 4.77. The maximum Gasteiger partial charge on any atom is 0.269 e. The minimum atomic E-state index is -1.43.